The molecule has 0 radical (unpaired) electrons. The van der Waals surface area contributed by atoms with Crippen molar-refractivity contribution in [2.75, 3.05) is 0 Å². The molecule has 22 heavy (non-hydrogen) atoms. The van der Waals surface area contributed by atoms with Gasteiger partial charge < -0.3 is 9.88 Å². The van der Waals surface area contributed by atoms with E-state index in [4.69, 9.17) is 0 Å². The van der Waals surface area contributed by atoms with Crippen LogP contribution < -0.4 is 5.32 Å². The molecule has 1 N–H and O–H groups in total. The van der Waals surface area contributed by atoms with Crippen LogP contribution >= 0.6 is 0 Å². The van der Waals surface area contributed by atoms with E-state index in [1.54, 1.807) is 12.7 Å². The molecule has 0 spiro atoms. The number of aromatic nitrogens is 5. The molecule has 0 saturated heterocycles. The second-order valence-corrected chi connectivity index (χ2v) is 5.37. The molecule has 0 saturated carbocycles. The first-order valence-electron chi connectivity index (χ1n) is 7.38. The second-order valence-electron chi connectivity index (χ2n) is 5.37. The van der Waals surface area contributed by atoms with Crippen LogP contribution in [0.25, 0.3) is 5.69 Å². The quantitative estimate of drug-likeness (QED) is 0.755. The molecule has 6 heteroatoms. The van der Waals surface area contributed by atoms with Gasteiger partial charge in [0.25, 0.3) is 0 Å². The van der Waals surface area contributed by atoms with Crippen molar-refractivity contribution in [3.63, 3.8) is 0 Å². The third-order valence-corrected chi connectivity index (χ3v) is 3.65. The van der Waals surface area contributed by atoms with Crippen LogP contribution in [0.3, 0.4) is 0 Å². The summed E-state index contributed by atoms with van der Waals surface area (Å²) in [5.74, 6) is 0.989. The van der Waals surface area contributed by atoms with Crippen LogP contribution in [0.1, 0.15) is 18.3 Å². The topological polar surface area (TPSA) is 60.6 Å². The van der Waals surface area contributed by atoms with Crippen molar-refractivity contribution in [3.8, 4) is 5.69 Å². The Balaban J connectivity index is 1.69. The maximum absolute atomic E-state index is 4.30. The third-order valence-electron chi connectivity index (χ3n) is 3.65. The molecule has 2 aromatic heterocycles. The molecule has 0 aliphatic rings. The van der Waals surface area contributed by atoms with Gasteiger partial charge in [-0.3, -0.25) is 4.68 Å². The van der Waals surface area contributed by atoms with Crippen LogP contribution in [0.2, 0.25) is 0 Å². The summed E-state index contributed by atoms with van der Waals surface area (Å²) < 4.78 is 3.95. The number of aryl methyl sites for hydroxylation is 1. The highest BCUT2D eigenvalue weighted by molar-refractivity contribution is 5.41. The summed E-state index contributed by atoms with van der Waals surface area (Å²) in [4.78, 5) is 8.27. The van der Waals surface area contributed by atoms with Gasteiger partial charge in [0.05, 0.1) is 12.2 Å². The van der Waals surface area contributed by atoms with Gasteiger partial charge in [-0.25, -0.2) is 9.97 Å². The molecular weight excluding hydrogens is 276 g/mol. The minimum Gasteiger partial charge on any atom is -0.308 e. The monoisotopic (exact) mass is 296 g/mol. The van der Waals surface area contributed by atoms with Gasteiger partial charge >= 0.3 is 0 Å². The summed E-state index contributed by atoms with van der Waals surface area (Å²) in [7, 11) is 0. The van der Waals surface area contributed by atoms with Gasteiger partial charge in [-0.1, -0.05) is 18.2 Å². The van der Waals surface area contributed by atoms with Crippen molar-refractivity contribution in [1.29, 1.82) is 0 Å². The van der Waals surface area contributed by atoms with Crippen LogP contribution in [-0.4, -0.2) is 30.4 Å². The van der Waals surface area contributed by atoms with E-state index >= 15 is 0 Å². The Kier molecular flexibility index (Phi) is 4.29. The average molecular weight is 296 g/mol. The van der Waals surface area contributed by atoms with E-state index in [0.717, 1.165) is 24.6 Å². The fourth-order valence-electron chi connectivity index (χ4n) is 2.48. The Labute approximate surface area is 129 Å². The van der Waals surface area contributed by atoms with Crippen LogP contribution in [0.4, 0.5) is 0 Å². The molecule has 1 atom stereocenters. The first-order chi connectivity index (χ1) is 10.7. The maximum Gasteiger partial charge on any atom is 0.137 e. The first kappa shape index (κ1) is 14.5. The lowest BCUT2D eigenvalue weighted by molar-refractivity contribution is 0.450. The molecule has 3 rings (SSSR count). The van der Waals surface area contributed by atoms with E-state index in [2.05, 4.69) is 56.1 Å². The molecule has 0 fully saturated rings. The lowest BCUT2D eigenvalue weighted by Gasteiger charge is -2.16. The normalized spacial score (nSPS) is 12.5. The van der Waals surface area contributed by atoms with Gasteiger partial charge in [0.2, 0.25) is 0 Å². The number of hydrogen-bond donors (Lipinski definition) is 1. The number of rotatable bonds is 6. The van der Waals surface area contributed by atoms with Gasteiger partial charge in [-0.05, 0) is 25.5 Å². The summed E-state index contributed by atoms with van der Waals surface area (Å²) >= 11 is 0. The second kappa shape index (κ2) is 6.53. The van der Waals surface area contributed by atoms with Crippen molar-refractivity contribution in [2.45, 2.75) is 33.0 Å². The van der Waals surface area contributed by atoms with E-state index in [1.165, 1.54) is 5.56 Å². The Bertz CT molecular complexity index is 716. The fourth-order valence-corrected chi connectivity index (χ4v) is 2.48. The molecule has 2 heterocycles. The van der Waals surface area contributed by atoms with E-state index in [-0.39, 0.29) is 0 Å². The largest absolute Gasteiger partial charge is 0.308 e. The smallest absolute Gasteiger partial charge is 0.137 e. The van der Waals surface area contributed by atoms with E-state index in [1.807, 2.05) is 24.0 Å². The molecule has 1 aromatic carbocycles. The summed E-state index contributed by atoms with van der Waals surface area (Å²) in [6, 6.07) is 8.68. The first-order valence-corrected chi connectivity index (χ1v) is 7.38. The number of para-hydroxylation sites is 1. The van der Waals surface area contributed by atoms with Gasteiger partial charge in [0, 0.05) is 25.0 Å². The predicted octanol–water partition coefficient (Wildman–Crippen LogP) is 1.95. The van der Waals surface area contributed by atoms with Crippen molar-refractivity contribution < 1.29 is 0 Å². The molecule has 6 nitrogen and oxygen atoms in total. The number of benzene rings is 1. The molecule has 3 aromatic rings. The zero-order chi connectivity index (χ0) is 15.4. The Morgan fingerprint density at radius 3 is 2.86 bits per heavy atom. The van der Waals surface area contributed by atoms with Crippen molar-refractivity contribution in [1.82, 2.24) is 29.6 Å². The lowest BCUT2D eigenvalue weighted by atomic mass is 10.1. The van der Waals surface area contributed by atoms with E-state index in [9.17, 15) is 0 Å². The minimum atomic E-state index is 0.304. The standard InChI is InChI=1S/C16H20N6/c1-13(10-21-12-17-11-20-21)19-9-15-5-3-4-6-16(15)22-8-7-18-14(22)2/h3-8,11-13,19H,9-10H2,1-2H3/t13-/m0/s1. The Morgan fingerprint density at radius 2 is 2.14 bits per heavy atom. The molecular formula is C16H20N6. The number of nitrogens with one attached hydrogen (secondary N) is 1. The van der Waals surface area contributed by atoms with Crippen molar-refractivity contribution >= 4 is 0 Å². The molecule has 0 amide bonds. The zero-order valence-electron chi connectivity index (χ0n) is 12.8. The van der Waals surface area contributed by atoms with E-state index in [0.29, 0.717) is 6.04 Å². The lowest BCUT2D eigenvalue weighted by Crippen LogP contribution is -2.30. The SMILES string of the molecule is Cc1nccn1-c1ccccc1CN[C@@H](C)Cn1cncn1. The predicted molar refractivity (Wildman–Crippen MR) is 84.6 cm³/mol. The summed E-state index contributed by atoms with van der Waals surface area (Å²) in [6.07, 6.45) is 7.12. The zero-order valence-corrected chi connectivity index (χ0v) is 12.8. The number of imidazole rings is 1. The minimum absolute atomic E-state index is 0.304. The van der Waals surface area contributed by atoms with Crippen LogP contribution in [0.15, 0.2) is 49.3 Å². The van der Waals surface area contributed by atoms with E-state index < -0.39 is 0 Å². The highest BCUT2D eigenvalue weighted by Gasteiger charge is 2.08. The molecule has 0 bridgehead atoms. The summed E-state index contributed by atoms with van der Waals surface area (Å²) in [5, 5.41) is 7.67. The molecule has 0 aliphatic heterocycles. The van der Waals surface area contributed by atoms with Crippen molar-refractivity contribution in [3.05, 3.63) is 60.7 Å². The summed E-state index contributed by atoms with van der Waals surface area (Å²) in [6.45, 7) is 5.75. The molecule has 0 aliphatic carbocycles. The number of hydrogen-bond acceptors (Lipinski definition) is 4. The number of nitrogens with zero attached hydrogens (tertiary/aromatic N) is 5. The highest BCUT2D eigenvalue weighted by Crippen LogP contribution is 2.16. The molecule has 114 valence electrons. The highest BCUT2D eigenvalue weighted by atomic mass is 15.3. The summed E-state index contributed by atoms with van der Waals surface area (Å²) in [5.41, 5.74) is 2.41. The third kappa shape index (κ3) is 3.23. The average Bonchev–Trinajstić information content (AvgIpc) is 3.17. The van der Waals surface area contributed by atoms with Gasteiger partial charge in [0.1, 0.15) is 18.5 Å². The molecule has 0 unspecified atom stereocenters. The Hall–Kier alpha value is -2.47. The van der Waals surface area contributed by atoms with Crippen LogP contribution in [0, 0.1) is 6.92 Å². The Morgan fingerprint density at radius 1 is 1.27 bits per heavy atom. The van der Waals surface area contributed by atoms with Crippen LogP contribution in [-0.2, 0) is 13.1 Å². The van der Waals surface area contributed by atoms with Gasteiger partial charge in [0.15, 0.2) is 0 Å². The fraction of sp³-hybridized carbons (Fsp3) is 0.312. The van der Waals surface area contributed by atoms with Crippen molar-refractivity contribution in [2.24, 2.45) is 0 Å². The maximum atomic E-state index is 4.30. The van der Waals surface area contributed by atoms with Crippen LogP contribution in [0.5, 0.6) is 0 Å². The van der Waals surface area contributed by atoms with Gasteiger partial charge in [-0.2, -0.15) is 5.10 Å². The van der Waals surface area contributed by atoms with Gasteiger partial charge in [-0.15, -0.1) is 0 Å².